The van der Waals surface area contributed by atoms with Gasteiger partial charge in [-0.25, -0.2) is 4.99 Å². The van der Waals surface area contributed by atoms with Crippen LogP contribution in [0.3, 0.4) is 0 Å². The summed E-state index contributed by atoms with van der Waals surface area (Å²) in [7, 11) is 0. The lowest BCUT2D eigenvalue weighted by molar-refractivity contribution is -0.120. The zero-order valence-corrected chi connectivity index (χ0v) is 17.7. The van der Waals surface area contributed by atoms with E-state index >= 15 is 0 Å². The fourth-order valence-corrected chi connectivity index (χ4v) is 3.83. The maximum Gasteiger partial charge on any atom is 0.239 e. The monoisotopic (exact) mass is 411 g/mol. The van der Waals surface area contributed by atoms with Crippen molar-refractivity contribution in [2.75, 3.05) is 43.4 Å². The van der Waals surface area contributed by atoms with Crippen LogP contribution in [0.25, 0.3) is 0 Å². The van der Waals surface area contributed by atoms with Crippen molar-refractivity contribution in [2.45, 2.75) is 18.4 Å². The van der Waals surface area contributed by atoms with Crippen LogP contribution in [0, 0.1) is 0 Å². The molecule has 0 aromatic heterocycles. The summed E-state index contributed by atoms with van der Waals surface area (Å²) < 4.78 is 0. The predicted octanol–water partition coefficient (Wildman–Crippen LogP) is 2.47. The molecule has 2 aromatic rings. The van der Waals surface area contributed by atoms with Crippen LogP contribution < -0.4 is 20.9 Å². The number of rotatable bonds is 8. The summed E-state index contributed by atoms with van der Waals surface area (Å²) in [5.41, 5.74) is 2.22. The van der Waals surface area contributed by atoms with E-state index < -0.39 is 0 Å². The Morgan fingerprint density at radius 3 is 2.66 bits per heavy atom. The number of thioether (sulfide) groups is 1. The first kappa shape index (κ1) is 21.0. The van der Waals surface area contributed by atoms with Gasteiger partial charge in [-0.1, -0.05) is 30.3 Å². The van der Waals surface area contributed by atoms with E-state index in [-0.39, 0.29) is 5.91 Å². The number of anilines is 1. The lowest BCUT2D eigenvalue weighted by Gasteiger charge is -2.28. The van der Waals surface area contributed by atoms with E-state index in [2.05, 4.69) is 81.3 Å². The number of aliphatic imine (C=N–C) groups is 1. The summed E-state index contributed by atoms with van der Waals surface area (Å²) >= 11 is 1.83. The number of hydrogen-bond acceptors (Lipinski definition) is 4. The number of carbonyl (C=O) groups is 1. The zero-order valence-electron chi connectivity index (χ0n) is 16.9. The molecule has 0 atom stereocenters. The average molecular weight is 412 g/mol. The van der Waals surface area contributed by atoms with E-state index in [1.54, 1.807) is 0 Å². The topological polar surface area (TPSA) is 68.8 Å². The largest absolute Gasteiger partial charge is 0.360 e. The molecule has 0 saturated carbocycles. The van der Waals surface area contributed by atoms with Crippen LogP contribution in [0.2, 0.25) is 0 Å². The van der Waals surface area contributed by atoms with Gasteiger partial charge >= 0.3 is 0 Å². The minimum Gasteiger partial charge on any atom is -0.360 e. The molecule has 1 amide bonds. The van der Waals surface area contributed by atoms with E-state index in [1.807, 2.05) is 17.8 Å². The molecule has 1 aliphatic rings. The van der Waals surface area contributed by atoms with Crippen molar-refractivity contribution in [3.63, 3.8) is 0 Å². The summed E-state index contributed by atoms with van der Waals surface area (Å²) in [6, 6.07) is 18.7. The minimum absolute atomic E-state index is 0.0803. The number of guanidine groups is 1. The van der Waals surface area contributed by atoms with Crippen LogP contribution in [0.15, 0.2) is 64.5 Å². The van der Waals surface area contributed by atoms with E-state index in [1.165, 1.54) is 4.90 Å². The van der Waals surface area contributed by atoms with Gasteiger partial charge in [0.05, 0.1) is 13.1 Å². The lowest BCUT2D eigenvalue weighted by Crippen LogP contribution is -2.47. The smallest absolute Gasteiger partial charge is 0.239 e. The SMILES string of the molecule is CCNC(=NCc1ccc(N2CCNC(=O)C2)cc1)NCCSc1ccccc1. The summed E-state index contributed by atoms with van der Waals surface area (Å²) in [5.74, 6) is 1.89. The van der Waals surface area contributed by atoms with Crippen molar-refractivity contribution in [2.24, 2.45) is 4.99 Å². The number of hydrogen-bond donors (Lipinski definition) is 3. The summed E-state index contributed by atoms with van der Waals surface area (Å²) in [5, 5.41) is 9.55. The van der Waals surface area contributed by atoms with Crippen LogP contribution in [-0.2, 0) is 11.3 Å². The second kappa shape index (κ2) is 11.4. The fraction of sp³-hybridized carbons (Fsp3) is 0.364. The van der Waals surface area contributed by atoms with E-state index in [9.17, 15) is 4.79 Å². The van der Waals surface area contributed by atoms with Crippen molar-refractivity contribution < 1.29 is 4.79 Å². The zero-order chi connectivity index (χ0) is 20.3. The van der Waals surface area contributed by atoms with E-state index in [0.29, 0.717) is 19.6 Å². The molecule has 1 fully saturated rings. The highest BCUT2D eigenvalue weighted by molar-refractivity contribution is 7.99. The van der Waals surface area contributed by atoms with Crippen LogP contribution in [0.5, 0.6) is 0 Å². The van der Waals surface area contributed by atoms with Gasteiger partial charge in [0.15, 0.2) is 5.96 Å². The molecule has 0 bridgehead atoms. The highest BCUT2D eigenvalue weighted by Crippen LogP contribution is 2.17. The number of nitrogens with one attached hydrogen (secondary N) is 3. The fourth-order valence-electron chi connectivity index (χ4n) is 3.04. The number of carbonyl (C=O) groups excluding carboxylic acids is 1. The van der Waals surface area contributed by atoms with Gasteiger partial charge in [-0.05, 0) is 36.8 Å². The number of amides is 1. The van der Waals surface area contributed by atoms with Crippen molar-refractivity contribution >= 4 is 29.3 Å². The Bertz CT molecular complexity index is 795. The molecule has 3 N–H and O–H groups in total. The van der Waals surface area contributed by atoms with Crippen LogP contribution in [0.1, 0.15) is 12.5 Å². The molecule has 0 aliphatic carbocycles. The third-order valence-electron chi connectivity index (χ3n) is 4.51. The van der Waals surface area contributed by atoms with Crippen LogP contribution in [-0.4, -0.2) is 50.3 Å². The maximum absolute atomic E-state index is 11.6. The van der Waals surface area contributed by atoms with Gasteiger partial charge in [-0.15, -0.1) is 11.8 Å². The molecule has 6 nitrogen and oxygen atoms in total. The van der Waals surface area contributed by atoms with Crippen molar-refractivity contribution in [1.29, 1.82) is 0 Å². The highest BCUT2D eigenvalue weighted by atomic mass is 32.2. The van der Waals surface area contributed by atoms with Crippen LogP contribution in [0.4, 0.5) is 5.69 Å². The number of nitrogens with zero attached hydrogens (tertiary/aromatic N) is 2. The van der Waals surface area contributed by atoms with Crippen molar-refractivity contribution in [3.05, 3.63) is 60.2 Å². The van der Waals surface area contributed by atoms with Gasteiger partial charge < -0.3 is 20.9 Å². The molecular formula is C22H29N5OS. The first-order valence-electron chi connectivity index (χ1n) is 10.0. The molecule has 0 radical (unpaired) electrons. The Morgan fingerprint density at radius 2 is 1.93 bits per heavy atom. The predicted molar refractivity (Wildman–Crippen MR) is 122 cm³/mol. The second-order valence-electron chi connectivity index (χ2n) is 6.72. The summed E-state index contributed by atoms with van der Waals surface area (Å²) in [4.78, 5) is 19.6. The Kier molecular flexibility index (Phi) is 8.25. The number of benzene rings is 2. The first-order valence-corrected chi connectivity index (χ1v) is 11.0. The van der Waals surface area contributed by atoms with E-state index in [4.69, 9.17) is 0 Å². The van der Waals surface area contributed by atoms with Gasteiger partial charge in [0, 0.05) is 42.5 Å². The molecule has 3 rings (SSSR count). The van der Waals surface area contributed by atoms with Gasteiger partial charge in [-0.3, -0.25) is 4.79 Å². The molecule has 0 unspecified atom stereocenters. The molecule has 1 heterocycles. The van der Waals surface area contributed by atoms with Crippen LogP contribution >= 0.6 is 11.8 Å². The third kappa shape index (κ3) is 7.02. The molecule has 154 valence electrons. The quantitative estimate of drug-likeness (QED) is 0.269. The van der Waals surface area contributed by atoms with E-state index in [0.717, 1.165) is 42.6 Å². The summed E-state index contributed by atoms with van der Waals surface area (Å²) in [6.07, 6.45) is 0. The normalized spacial score (nSPS) is 14.4. The molecule has 7 heteroatoms. The summed E-state index contributed by atoms with van der Waals surface area (Å²) in [6.45, 7) is 6.33. The minimum atomic E-state index is 0.0803. The Labute approximate surface area is 177 Å². The molecule has 1 saturated heterocycles. The van der Waals surface area contributed by atoms with Gasteiger partial charge in [-0.2, -0.15) is 0 Å². The lowest BCUT2D eigenvalue weighted by atomic mass is 10.2. The van der Waals surface area contributed by atoms with Crippen molar-refractivity contribution in [1.82, 2.24) is 16.0 Å². The van der Waals surface area contributed by atoms with Gasteiger partial charge in [0.2, 0.25) is 5.91 Å². The standard InChI is InChI=1S/C22H29N5OS/c1-2-23-22(25-13-15-29-20-6-4-3-5-7-20)26-16-18-8-10-19(11-9-18)27-14-12-24-21(28)17-27/h3-11H,2,12-17H2,1H3,(H,24,28)(H2,23,25,26). The molecule has 2 aromatic carbocycles. The van der Waals surface area contributed by atoms with Gasteiger partial charge in [0.1, 0.15) is 0 Å². The molecule has 1 aliphatic heterocycles. The first-order chi connectivity index (χ1) is 14.2. The van der Waals surface area contributed by atoms with Crippen molar-refractivity contribution in [3.8, 4) is 0 Å². The van der Waals surface area contributed by atoms with Gasteiger partial charge in [0.25, 0.3) is 0 Å². The Morgan fingerprint density at radius 1 is 1.14 bits per heavy atom. The molecular weight excluding hydrogens is 382 g/mol. The Hall–Kier alpha value is -2.67. The Balaban J connectivity index is 1.48. The second-order valence-corrected chi connectivity index (χ2v) is 7.89. The number of piperazine rings is 1. The molecule has 29 heavy (non-hydrogen) atoms. The maximum atomic E-state index is 11.6. The average Bonchev–Trinajstić information content (AvgIpc) is 2.76. The molecule has 0 spiro atoms. The highest BCUT2D eigenvalue weighted by Gasteiger charge is 2.16. The third-order valence-corrected chi connectivity index (χ3v) is 5.52.